The Labute approximate surface area is 215 Å². The second-order valence-electron chi connectivity index (χ2n) is 8.62. The number of hydrogen-bond donors (Lipinski definition) is 2. The fourth-order valence-electron chi connectivity index (χ4n) is 4.06. The van der Waals surface area contributed by atoms with Crippen LogP contribution in [0.4, 0.5) is 0 Å². The fraction of sp³-hybridized carbons (Fsp3) is 0.250. The number of ether oxygens (including phenoxy) is 1. The van der Waals surface area contributed by atoms with Crippen molar-refractivity contribution in [1.82, 2.24) is 0 Å². The van der Waals surface area contributed by atoms with Crippen LogP contribution in [0.15, 0.2) is 91.0 Å². The van der Waals surface area contributed by atoms with Crippen LogP contribution < -0.4 is 20.6 Å². The molecule has 9 nitrogen and oxygen atoms in total. The molecule has 0 aromatic heterocycles. The number of benzene rings is 3. The molecule has 0 spiro atoms. The van der Waals surface area contributed by atoms with Crippen LogP contribution >= 0.6 is 0 Å². The molecule has 0 aliphatic carbocycles. The Balaban J connectivity index is 0.000000568. The Morgan fingerprint density at radius 2 is 1.43 bits per heavy atom. The summed E-state index contributed by atoms with van der Waals surface area (Å²) >= 11 is 0. The number of hydrogen-bond acceptors (Lipinski definition) is 7. The Morgan fingerprint density at radius 3 is 2.03 bits per heavy atom. The highest BCUT2D eigenvalue weighted by atomic mass is 16.6. The van der Waals surface area contributed by atoms with E-state index in [0.29, 0.717) is 12.2 Å². The zero-order chi connectivity index (χ0) is 26.5. The topological polar surface area (TPSA) is 137 Å². The van der Waals surface area contributed by atoms with Crippen LogP contribution in [-0.4, -0.2) is 43.6 Å². The van der Waals surface area contributed by atoms with Gasteiger partial charge in [0.15, 0.2) is 12.1 Å². The highest BCUT2D eigenvalue weighted by Crippen LogP contribution is 2.10. The van der Waals surface area contributed by atoms with Gasteiger partial charge in [0.25, 0.3) is 0 Å². The number of carboxylic acid groups (broad SMARTS) is 2. The molecule has 3 N–H and O–H groups in total. The molecule has 9 heteroatoms. The van der Waals surface area contributed by atoms with Gasteiger partial charge in [-0.3, -0.25) is 0 Å². The van der Waals surface area contributed by atoms with Gasteiger partial charge in [-0.15, -0.1) is 0 Å². The lowest BCUT2D eigenvalue weighted by molar-refractivity contribution is -0.972. The van der Waals surface area contributed by atoms with Gasteiger partial charge < -0.3 is 29.4 Å². The number of carboxylic acids is 2. The molecule has 4 rings (SSSR count). The van der Waals surface area contributed by atoms with Crippen LogP contribution in [0, 0.1) is 0 Å². The Kier molecular flexibility index (Phi) is 10.8. The van der Waals surface area contributed by atoms with Gasteiger partial charge in [0, 0.05) is 12.0 Å². The normalized spacial score (nSPS) is 17.2. The molecule has 3 aromatic carbocycles. The van der Waals surface area contributed by atoms with E-state index in [2.05, 4.69) is 36.4 Å². The summed E-state index contributed by atoms with van der Waals surface area (Å²) < 4.78 is 5.75. The number of nitrogens with one attached hydrogen (secondary N) is 1. The maximum absolute atomic E-state index is 12.4. The first-order valence-electron chi connectivity index (χ1n) is 12.0. The molecule has 3 unspecified atom stereocenters. The lowest BCUT2D eigenvalue weighted by Gasteiger charge is -2.19. The standard InChI is InChI=1S/C26H28N2O3.C2H2O4/c29-26(23-14-8-3-9-15-23)31-24-16-17-28(18-24)19-25(22-12-6-2-7-13-22)27-30-20-21-10-4-1-5-11-21;3-1(4)2(5)6/h1-15,24-25,27H,16-20H2;(H,3,4)(H,5,6). The van der Waals surface area contributed by atoms with Crippen LogP contribution in [0.3, 0.4) is 0 Å². The minimum absolute atomic E-state index is 0.0376. The van der Waals surface area contributed by atoms with E-state index < -0.39 is 11.9 Å². The first kappa shape index (κ1) is 27.5. The Morgan fingerprint density at radius 1 is 0.865 bits per heavy atom. The summed E-state index contributed by atoms with van der Waals surface area (Å²) in [6.07, 6.45) is 0.852. The van der Waals surface area contributed by atoms with Crippen LogP contribution in [-0.2, 0) is 25.8 Å². The molecule has 0 radical (unpaired) electrons. The van der Waals surface area contributed by atoms with Crippen LogP contribution in [0.1, 0.15) is 33.9 Å². The van der Waals surface area contributed by atoms with E-state index in [0.717, 1.165) is 31.6 Å². The highest BCUT2D eigenvalue weighted by Gasteiger charge is 2.33. The van der Waals surface area contributed by atoms with Crippen molar-refractivity contribution < 1.29 is 44.6 Å². The fourth-order valence-corrected chi connectivity index (χ4v) is 4.06. The Hall–Kier alpha value is -4.05. The molecule has 1 fully saturated rings. The van der Waals surface area contributed by atoms with E-state index in [1.165, 1.54) is 10.5 Å². The SMILES string of the molecule is O=C(OC1CC[NH+](CC([NH2+]OCc2ccccc2)c2ccccc2)C1)c1ccccc1.O=C([O-])C(=O)[O-]. The van der Waals surface area contributed by atoms with Gasteiger partial charge in [-0.2, -0.15) is 5.48 Å². The molecule has 37 heavy (non-hydrogen) atoms. The maximum Gasteiger partial charge on any atom is 0.338 e. The molecule has 1 heterocycles. The predicted octanol–water partition coefficient (Wildman–Crippen LogP) is -1.58. The van der Waals surface area contributed by atoms with Crippen LogP contribution in [0.2, 0.25) is 0 Å². The number of rotatable bonds is 9. The van der Waals surface area contributed by atoms with E-state index in [4.69, 9.17) is 29.4 Å². The predicted molar refractivity (Wildman–Crippen MR) is 128 cm³/mol. The van der Waals surface area contributed by atoms with E-state index in [-0.39, 0.29) is 18.1 Å². The lowest BCUT2D eigenvalue weighted by atomic mass is 10.1. The third kappa shape index (κ3) is 9.49. The van der Waals surface area contributed by atoms with Crippen LogP contribution in [0.5, 0.6) is 0 Å². The second-order valence-corrected chi connectivity index (χ2v) is 8.62. The average molecular weight is 507 g/mol. The smallest absolute Gasteiger partial charge is 0.338 e. The largest absolute Gasteiger partial charge is 0.543 e. The molecule has 0 amide bonds. The summed E-state index contributed by atoms with van der Waals surface area (Å²) in [5.41, 5.74) is 4.99. The third-order valence-corrected chi connectivity index (χ3v) is 5.88. The van der Waals surface area contributed by atoms with Gasteiger partial charge >= 0.3 is 5.97 Å². The number of carbonyl (C=O) groups is 3. The minimum Gasteiger partial charge on any atom is -0.543 e. The average Bonchev–Trinajstić information content (AvgIpc) is 3.36. The summed E-state index contributed by atoms with van der Waals surface area (Å²) in [6.45, 7) is 3.30. The van der Waals surface area contributed by atoms with Crippen molar-refractivity contribution in [2.75, 3.05) is 19.6 Å². The molecule has 3 atom stereocenters. The van der Waals surface area contributed by atoms with Gasteiger partial charge in [0.2, 0.25) is 0 Å². The van der Waals surface area contributed by atoms with Gasteiger partial charge in [-0.1, -0.05) is 78.9 Å². The molecule has 3 aromatic rings. The van der Waals surface area contributed by atoms with Crippen molar-refractivity contribution in [1.29, 1.82) is 0 Å². The zero-order valence-corrected chi connectivity index (χ0v) is 20.3. The van der Waals surface area contributed by atoms with Gasteiger partial charge in [-0.05, 0) is 17.7 Å². The minimum atomic E-state index is -2.19. The molecule has 0 bridgehead atoms. The number of hydroxylamine groups is 1. The number of esters is 1. The number of carbonyl (C=O) groups excluding carboxylic acids is 3. The quantitative estimate of drug-likeness (QED) is 0.203. The van der Waals surface area contributed by atoms with E-state index >= 15 is 0 Å². The molecular formula is C28H30N2O7. The molecule has 0 saturated carbocycles. The second kappa shape index (κ2) is 14.5. The summed E-state index contributed by atoms with van der Waals surface area (Å²) in [7, 11) is 0. The highest BCUT2D eigenvalue weighted by molar-refractivity contribution is 6.25. The van der Waals surface area contributed by atoms with Crippen molar-refractivity contribution in [3.63, 3.8) is 0 Å². The number of quaternary nitrogens is 2. The molecule has 1 aliphatic heterocycles. The number of aliphatic carboxylic acids is 2. The first-order chi connectivity index (χ1) is 17.9. The number of nitrogens with two attached hydrogens (primary N) is 1. The van der Waals surface area contributed by atoms with Crippen molar-refractivity contribution in [2.24, 2.45) is 0 Å². The molecular weight excluding hydrogens is 476 g/mol. The third-order valence-electron chi connectivity index (χ3n) is 5.88. The van der Waals surface area contributed by atoms with Crippen LogP contribution in [0.25, 0.3) is 0 Å². The summed E-state index contributed by atoms with van der Waals surface area (Å²) in [5, 5.41) is 17.9. The zero-order valence-electron chi connectivity index (χ0n) is 20.3. The van der Waals surface area contributed by atoms with E-state index in [1.807, 2.05) is 47.9 Å². The molecule has 194 valence electrons. The maximum atomic E-state index is 12.4. The summed E-state index contributed by atoms with van der Waals surface area (Å²) in [5.74, 6) is -4.60. The molecule has 1 aliphatic rings. The van der Waals surface area contributed by atoms with E-state index in [1.54, 1.807) is 12.1 Å². The van der Waals surface area contributed by atoms with Crippen molar-refractivity contribution in [3.05, 3.63) is 108 Å². The summed E-state index contributed by atoms with van der Waals surface area (Å²) in [4.78, 5) is 37.6. The van der Waals surface area contributed by atoms with Gasteiger partial charge in [-0.25, -0.2) is 9.63 Å². The first-order valence-corrected chi connectivity index (χ1v) is 12.0. The van der Waals surface area contributed by atoms with Gasteiger partial charge in [0.05, 0.1) is 24.0 Å². The van der Waals surface area contributed by atoms with Gasteiger partial charge in [0.1, 0.15) is 19.7 Å². The Bertz CT molecular complexity index is 1120. The van der Waals surface area contributed by atoms with Crippen molar-refractivity contribution in [2.45, 2.75) is 25.2 Å². The number of likely N-dealkylation sites (tertiary alicyclic amines) is 1. The monoisotopic (exact) mass is 506 g/mol. The van der Waals surface area contributed by atoms with Crippen molar-refractivity contribution in [3.8, 4) is 0 Å². The summed E-state index contributed by atoms with van der Waals surface area (Å²) in [6, 6.07) is 30.1. The lowest BCUT2D eigenvalue weighted by Crippen LogP contribution is -3.13. The molecule has 1 saturated heterocycles. The van der Waals surface area contributed by atoms with Crippen molar-refractivity contribution >= 4 is 17.9 Å². The van der Waals surface area contributed by atoms with E-state index in [9.17, 15) is 4.79 Å².